The van der Waals surface area contributed by atoms with Crippen molar-refractivity contribution in [2.45, 2.75) is 161 Å². The van der Waals surface area contributed by atoms with Gasteiger partial charge in [-0.05, 0) is 147 Å². The Morgan fingerprint density at radius 3 is 2.44 bits per heavy atom. The summed E-state index contributed by atoms with van der Waals surface area (Å²) in [7, 11) is 3.79. The molecule has 0 radical (unpaired) electrons. The number of nitrogens with zero attached hydrogens (tertiary/aromatic N) is 2. The number of aromatic nitrogens is 2. The molecular formula is C46H68N2O5S2. The predicted octanol–water partition coefficient (Wildman–Crippen LogP) is 8.73. The lowest BCUT2D eigenvalue weighted by atomic mass is 9.45. The van der Waals surface area contributed by atoms with E-state index < -0.39 is 34.7 Å². The highest BCUT2D eigenvalue weighted by atomic mass is 33.1. The topological polar surface area (TPSA) is 116 Å². The predicted molar refractivity (Wildman–Crippen MR) is 221 cm³/mol. The van der Waals surface area contributed by atoms with Crippen LogP contribution >= 0.6 is 21.6 Å². The number of carbonyl (C=O) groups excluding carboxylic acids is 1. The smallest absolute Gasteiger partial charge is 0.159 e. The van der Waals surface area contributed by atoms with Gasteiger partial charge in [0.1, 0.15) is 0 Å². The lowest BCUT2D eigenvalue weighted by Gasteiger charge is -2.61. The highest BCUT2D eigenvalue weighted by Gasteiger charge is 2.70. The highest BCUT2D eigenvalue weighted by molar-refractivity contribution is 8.76. The molecule has 55 heavy (non-hydrogen) atoms. The molecule has 0 aromatic carbocycles. The molecule has 2 heterocycles. The molecule has 8 aliphatic rings. The second kappa shape index (κ2) is 14.0. The number of ketones is 1. The maximum absolute atomic E-state index is 14.1. The van der Waals surface area contributed by atoms with E-state index in [0.29, 0.717) is 18.3 Å². The van der Waals surface area contributed by atoms with Crippen LogP contribution in [0.15, 0.2) is 41.5 Å². The molecular weight excluding hydrogens is 725 g/mol. The maximum Gasteiger partial charge on any atom is 0.159 e. The molecule has 4 N–H and O–H groups in total. The molecule has 7 fully saturated rings. The van der Waals surface area contributed by atoms with Crippen molar-refractivity contribution >= 4 is 27.4 Å². The standard InChI is InChI=1S/C46H68N2O5S2/c1-27-34-16-31(46(53)36-18-39(50)37-19-40(51)41(52)23-43(37,4)33(36)10-12-44(34,46)5)24-54-55-25-32(48-14-13-47-26-48)22-42(2,3)35(17-38(27)49)29-15-28-8-9-30-7-6-11-45(30,20-28)21-29/h13-14,18,26-28,30-34,37-38,40-41,49,51-53H,6-12,15-17,19-25H2,1-5H3/b35-29+/t27-,28+,30-,31+,32-,33-,34+,37-,38+,40+,41-,43+,44+,45+,46+/m0/s1. The van der Waals surface area contributed by atoms with Crippen molar-refractivity contribution in [1.29, 1.82) is 0 Å². The van der Waals surface area contributed by atoms with Crippen LogP contribution in [0.3, 0.4) is 0 Å². The van der Waals surface area contributed by atoms with Gasteiger partial charge in [-0.15, -0.1) is 0 Å². The van der Waals surface area contributed by atoms with Gasteiger partial charge in [-0.3, -0.25) is 4.79 Å². The van der Waals surface area contributed by atoms with Crippen molar-refractivity contribution in [3.63, 3.8) is 0 Å². The maximum atomic E-state index is 14.1. The van der Waals surface area contributed by atoms with E-state index in [0.717, 1.165) is 54.6 Å². The second-order valence-corrected chi connectivity index (χ2v) is 24.0. The van der Waals surface area contributed by atoms with Crippen LogP contribution < -0.4 is 0 Å². The van der Waals surface area contributed by atoms with Gasteiger partial charge in [0.05, 0.1) is 30.2 Å². The van der Waals surface area contributed by atoms with Crippen LogP contribution in [-0.4, -0.2) is 71.2 Å². The van der Waals surface area contributed by atoms with E-state index in [4.69, 9.17) is 0 Å². The van der Waals surface area contributed by atoms with Crippen molar-refractivity contribution in [1.82, 2.24) is 9.55 Å². The van der Waals surface area contributed by atoms with E-state index in [-0.39, 0.29) is 53.3 Å². The molecule has 1 spiro atoms. The molecule has 7 nitrogen and oxygen atoms in total. The number of aliphatic hydroxyl groups excluding tert-OH is 3. The van der Waals surface area contributed by atoms with Crippen LogP contribution in [0.2, 0.25) is 0 Å². The Balaban J connectivity index is 1.11. The first-order valence-corrected chi connectivity index (χ1v) is 24.5. The summed E-state index contributed by atoms with van der Waals surface area (Å²) in [4.78, 5) is 18.6. The summed E-state index contributed by atoms with van der Waals surface area (Å²) in [5.41, 5.74) is 2.23. The fourth-order valence-electron chi connectivity index (χ4n) is 15.5. The molecule has 1 aromatic rings. The number of carbonyl (C=O) groups is 1. The molecule has 4 bridgehead atoms. The summed E-state index contributed by atoms with van der Waals surface area (Å²) >= 11 is 0. The second-order valence-electron chi connectivity index (χ2n) is 21.5. The minimum atomic E-state index is -1.19. The molecule has 7 aliphatic carbocycles. The van der Waals surface area contributed by atoms with E-state index in [2.05, 4.69) is 50.4 Å². The molecule has 1 saturated heterocycles. The summed E-state index contributed by atoms with van der Waals surface area (Å²) in [5.74, 6) is 2.98. The van der Waals surface area contributed by atoms with Crippen LogP contribution in [-0.2, 0) is 4.79 Å². The quantitative estimate of drug-likeness (QED) is 0.165. The minimum Gasteiger partial charge on any atom is -0.393 e. The third-order valence-electron chi connectivity index (χ3n) is 18.4. The number of allylic oxidation sites excluding steroid dienone is 2. The van der Waals surface area contributed by atoms with E-state index in [9.17, 15) is 25.2 Å². The number of hydrogen-bond acceptors (Lipinski definition) is 8. The van der Waals surface area contributed by atoms with Crippen LogP contribution in [0, 0.1) is 63.1 Å². The Kier molecular flexibility index (Phi) is 10.0. The summed E-state index contributed by atoms with van der Waals surface area (Å²) in [5, 5.41) is 48.0. The summed E-state index contributed by atoms with van der Waals surface area (Å²) in [6.45, 7) is 11.6. The van der Waals surface area contributed by atoms with Gasteiger partial charge in [0, 0.05) is 47.2 Å². The van der Waals surface area contributed by atoms with E-state index >= 15 is 0 Å². The van der Waals surface area contributed by atoms with Crippen LogP contribution in [0.25, 0.3) is 0 Å². The molecule has 1 aromatic heterocycles. The average molecular weight is 793 g/mol. The zero-order valence-electron chi connectivity index (χ0n) is 34.1. The number of aliphatic hydroxyl groups is 4. The molecule has 304 valence electrons. The Morgan fingerprint density at radius 1 is 0.855 bits per heavy atom. The number of fused-ring (bicyclic) bond motifs is 10. The first kappa shape index (κ1) is 39.4. The van der Waals surface area contributed by atoms with E-state index in [1.807, 2.05) is 34.1 Å². The van der Waals surface area contributed by atoms with Crippen molar-refractivity contribution in [3.8, 4) is 0 Å². The highest BCUT2D eigenvalue weighted by Crippen LogP contribution is 2.71. The van der Waals surface area contributed by atoms with Crippen LogP contribution in [0.4, 0.5) is 0 Å². The monoisotopic (exact) mass is 792 g/mol. The van der Waals surface area contributed by atoms with Gasteiger partial charge in [0.15, 0.2) is 5.78 Å². The van der Waals surface area contributed by atoms with Gasteiger partial charge in [-0.1, -0.05) is 73.8 Å². The number of rotatable bonds is 1. The number of imidazole rings is 1. The van der Waals surface area contributed by atoms with Gasteiger partial charge >= 0.3 is 0 Å². The summed E-state index contributed by atoms with van der Waals surface area (Å²) < 4.78 is 2.30. The van der Waals surface area contributed by atoms with Crippen LogP contribution in [0.5, 0.6) is 0 Å². The minimum absolute atomic E-state index is 0.00321. The molecule has 15 atom stereocenters. The van der Waals surface area contributed by atoms with Crippen LogP contribution in [0.1, 0.15) is 137 Å². The van der Waals surface area contributed by atoms with E-state index in [1.165, 1.54) is 56.9 Å². The van der Waals surface area contributed by atoms with E-state index in [1.54, 1.807) is 11.6 Å². The zero-order chi connectivity index (χ0) is 38.7. The normalized spacial score (nSPS) is 51.3. The van der Waals surface area contributed by atoms with Crippen molar-refractivity contribution in [2.75, 3.05) is 11.5 Å². The fourth-order valence-corrected chi connectivity index (χ4v) is 18.2. The Bertz CT molecular complexity index is 1710. The third-order valence-corrected chi connectivity index (χ3v) is 20.9. The molecule has 1 aliphatic heterocycles. The molecule has 0 unspecified atom stereocenters. The first-order valence-electron chi connectivity index (χ1n) is 22.1. The largest absolute Gasteiger partial charge is 0.393 e. The number of hydrogen-bond donors (Lipinski definition) is 4. The zero-order valence-corrected chi connectivity index (χ0v) is 35.7. The van der Waals surface area contributed by atoms with Gasteiger partial charge in [0.2, 0.25) is 0 Å². The van der Waals surface area contributed by atoms with Gasteiger partial charge in [0.25, 0.3) is 0 Å². The molecule has 6 saturated carbocycles. The molecule has 9 heteroatoms. The molecule has 9 rings (SSSR count). The SMILES string of the molecule is C[C@@H]1[C@H](O)C/C(=C2/C[C@H]3CC[C@@H]4CCC[C@]4(C2)C3)C(C)(C)C[C@H](n2ccnc2)CSSC[C@H]2C[C@H]1[C@@]1(C)CC[C@H]3C(=CC(=O)[C@@H]4C[C@@H](O)[C@@H](O)C[C@@]43C)[C@]21O. The molecule has 0 amide bonds. The van der Waals surface area contributed by atoms with Crippen molar-refractivity contribution in [2.24, 2.45) is 63.1 Å². The Labute approximate surface area is 337 Å². The van der Waals surface area contributed by atoms with Crippen molar-refractivity contribution < 1.29 is 25.2 Å². The van der Waals surface area contributed by atoms with Gasteiger partial charge in [-0.25, -0.2) is 4.98 Å². The third kappa shape index (κ3) is 6.10. The lowest BCUT2D eigenvalue weighted by molar-refractivity contribution is -0.158. The summed E-state index contributed by atoms with van der Waals surface area (Å²) in [6, 6.07) is 0.246. The summed E-state index contributed by atoms with van der Waals surface area (Å²) in [6.07, 6.45) is 21.0. The van der Waals surface area contributed by atoms with Gasteiger partial charge in [-0.2, -0.15) is 0 Å². The lowest BCUT2D eigenvalue weighted by Crippen LogP contribution is -2.62. The Morgan fingerprint density at radius 2 is 1.65 bits per heavy atom. The van der Waals surface area contributed by atoms with Crippen molar-refractivity contribution in [3.05, 3.63) is 41.5 Å². The average Bonchev–Trinajstić information content (AvgIpc) is 3.86. The fraction of sp³-hybridized carbons (Fsp3) is 0.826. The van der Waals surface area contributed by atoms with Gasteiger partial charge < -0.3 is 25.0 Å². The Hall–Kier alpha value is -1.10. The first-order chi connectivity index (χ1) is 26.1.